The summed E-state index contributed by atoms with van der Waals surface area (Å²) in [5.74, 6) is 0. The van der Waals surface area contributed by atoms with Crippen LogP contribution >= 0.6 is 0 Å². The number of amides is 2. The number of nitrogens with two attached hydrogens (primary N) is 1. The van der Waals surface area contributed by atoms with Crippen LogP contribution in [0.5, 0.6) is 0 Å². The van der Waals surface area contributed by atoms with Gasteiger partial charge in [0.2, 0.25) is 0 Å². The molecule has 0 heterocycles. The number of carbonyl (C=O) groups excluding carboxylic acids is 1. The molecular formula is C2H6N3O. The molecule has 0 spiro atoms. The van der Waals surface area contributed by atoms with Gasteiger partial charge in [0.1, 0.15) is 0 Å². The molecule has 3 N–H and O–H groups in total. The predicted molar refractivity (Wildman–Crippen MR) is 20.8 cm³/mol. The van der Waals surface area contributed by atoms with Crippen LogP contribution in [0.15, 0.2) is 0 Å². The van der Waals surface area contributed by atoms with Gasteiger partial charge in [-0.2, -0.15) is 0 Å². The Hall–Kier alpha value is -0.770. The maximum absolute atomic E-state index is 9.62. The van der Waals surface area contributed by atoms with Gasteiger partial charge in [-0.15, -0.1) is 5.43 Å². The highest BCUT2D eigenvalue weighted by Crippen LogP contribution is 1.42. The number of nitrogens with zero attached hydrogens (tertiary/aromatic N) is 1. The van der Waals surface area contributed by atoms with E-state index in [1.165, 1.54) is 7.05 Å². The minimum Gasteiger partial charge on any atom is -0.351 e. The van der Waals surface area contributed by atoms with Crippen molar-refractivity contribution in [3.63, 3.8) is 0 Å². The fraction of sp³-hybridized carbons (Fsp3) is 0.500. The highest BCUT2D eigenvalue weighted by atomic mass is 16.2. The van der Waals surface area contributed by atoms with Gasteiger partial charge in [-0.05, 0) is 0 Å². The molecule has 0 aliphatic heterocycles. The van der Waals surface area contributed by atoms with Crippen molar-refractivity contribution >= 4 is 6.03 Å². The van der Waals surface area contributed by atoms with Crippen molar-refractivity contribution < 1.29 is 4.79 Å². The first-order valence-corrected chi connectivity index (χ1v) is 1.41. The summed E-state index contributed by atoms with van der Waals surface area (Å²) < 4.78 is 0. The van der Waals surface area contributed by atoms with Crippen molar-refractivity contribution in [1.29, 1.82) is 0 Å². The average Bonchev–Trinajstić information content (AvgIpc) is 1.35. The lowest BCUT2D eigenvalue weighted by molar-refractivity contribution is 0.245. The van der Waals surface area contributed by atoms with Crippen molar-refractivity contribution in [2.45, 2.75) is 0 Å². The topological polar surface area (TPSA) is 69.2 Å². The van der Waals surface area contributed by atoms with E-state index < -0.39 is 6.03 Å². The fourth-order valence-corrected chi connectivity index (χ4v) is 0.110. The lowest BCUT2D eigenvalue weighted by Gasteiger charge is -1.88. The third-order valence-corrected chi connectivity index (χ3v) is 0.222. The number of nitrogens with one attached hydrogen (secondary N) is 1. The van der Waals surface area contributed by atoms with Crippen LogP contribution in [0.1, 0.15) is 0 Å². The Bertz CT molecular complexity index is 52.8. The largest absolute Gasteiger partial charge is 0.351 e. The highest BCUT2D eigenvalue weighted by molar-refractivity contribution is 5.70. The van der Waals surface area contributed by atoms with Crippen LogP contribution in [-0.4, -0.2) is 13.1 Å². The third kappa shape index (κ3) is 3.23. The van der Waals surface area contributed by atoms with Gasteiger partial charge in [0.25, 0.3) is 0 Å². The standard InChI is InChI=1S/C2H6N3O/c1-4-5-2(3)6/h1H3,(H3,3,5,6). The Kier molecular flexibility index (Phi) is 2.15. The van der Waals surface area contributed by atoms with Gasteiger partial charge in [0.15, 0.2) is 0 Å². The first-order valence-electron chi connectivity index (χ1n) is 1.41. The zero-order chi connectivity index (χ0) is 4.99. The zero-order valence-electron chi connectivity index (χ0n) is 3.43. The maximum Gasteiger partial charge on any atom is 0.327 e. The maximum atomic E-state index is 9.62. The van der Waals surface area contributed by atoms with Gasteiger partial charge in [0, 0.05) is 7.05 Å². The van der Waals surface area contributed by atoms with Crippen molar-refractivity contribution in [3.8, 4) is 0 Å². The number of hydrogen-bond donors (Lipinski definition) is 2. The molecule has 0 saturated carbocycles. The van der Waals surface area contributed by atoms with Gasteiger partial charge in [-0.1, -0.05) is 0 Å². The zero-order valence-corrected chi connectivity index (χ0v) is 3.43. The second-order valence-corrected chi connectivity index (χ2v) is 0.700. The lowest BCUT2D eigenvalue weighted by Crippen LogP contribution is -2.33. The molecule has 0 aromatic heterocycles. The second kappa shape index (κ2) is 2.47. The fourth-order valence-electron chi connectivity index (χ4n) is 0.110. The number of urea groups is 1. The van der Waals surface area contributed by atoms with Crippen molar-refractivity contribution in [2.24, 2.45) is 5.73 Å². The van der Waals surface area contributed by atoms with Crippen LogP contribution in [0.4, 0.5) is 4.79 Å². The monoisotopic (exact) mass is 88.1 g/mol. The Labute approximate surface area is 35.7 Å². The molecular weight excluding hydrogens is 82.0 g/mol. The van der Waals surface area contributed by atoms with Gasteiger partial charge < -0.3 is 5.73 Å². The van der Waals surface area contributed by atoms with Crippen molar-refractivity contribution in [3.05, 3.63) is 0 Å². The van der Waals surface area contributed by atoms with E-state index in [0.717, 1.165) is 0 Å². The van der Waals surface area contributed by atoms with E-state index in [9.17, 15) is 4.79 Å². The summed E-state index contributed by atoms with van der Waals surface area (Å²) in [7, 11) is 1.44. The number of primary amides is 1. The van der Waals surface area contributed by atoms with Crippen LogP contribution in [0.2, 0.25) is 0 Å². The molecule has 4 heteroatoms. The summed E-state index contributed by atoms with van der Waals surface area (Å²) in [5, 5.41) is 0. The predicted octanol–water partition coefficient (Wildman–Crippen LogP) is -1.20. The molecule has 0 fully saturated rings. The number of rotatable bonds is 1. The molecule has 0 unspecified atom stereocenters. The molecule has 2 amide bonds. The van der Waals surface area contributed by atoms with E-state index in [1.54, 1.807) is 0 Å². The summed E-state index contributed by atoms with van der Waals surface area (Å²) in [4.78, 5) is 9.62. The Morgan fingerprint density at radius 2 is 2.50 bits per heavy atom. The normalized spacial score (nSPS) is 7.50. The molecule has 6 heavy (non-hydrogen) atoms. The Morgan fingerprint density at radius 3 is 2.50 bits per heavy atom. The van der Waals surface area contributed by atoms with Gasteiger partial charge in [0.05, 0.1) is 0 Å². The molecule has 35 valence electrons. The molecule has 0 bridgehead atoms. The minimum atomic E-state index is -0.627. The number of carbonyl (C=O) groups is 1. The van der Waals surface area contributed by atoms with Gasteiger partial charge in [-0.3, -0.25) is 5.43 Å². The van der Waals surface area contributed by atoms with E-state index in [1.807, 2.05) is 5.43 Å². The van der Waals surface area contributed by atoms with Crippen molar-refractivity contribution in [2.75, 3.05) is 7.05 Å². The summed E-state index contributed by atoms with van der Waals surface area (Å²) in [6, 6.07) is -0.627. The number of hydrogen-bond acceptors (Lipinski definition) is 1. The smallest absolute Gasteiger partial charge is 0.327 e. The lowest BCUT2D eigenvalue weighted by atomic mass is 11.1. The highest BCUT2D eigenvalue weighted by Gasteiger charge is 1.80. The second-order valence-electron chi connectivity index (χ2n) is 0.700. The quantitative estimate of drug-likeness (QED) is 0.388. The first-order chi connectivity index (χ1) is 2.77. The summed E-state index contributed by atoms with van der Waals surface area (Å²) in [5.41, 5.74) is 9.74. The minimum absolute atomic E-state index is 0.627. The van der Waals surface area contributed by atoms with E-state index in [-0.39, 0.29) is 0 Å². The van der Waals surface area contributed by atoms with E-state index >= 15 is 0 Å². The molecule has 0 saturated heterocycles. The molecule has 0 aromatic rings. The van der Waals surface area contributed by atoms with Gasteiger partial charge >= 0.3 is 6.03 Å². The first kappa shape index (κ1) is 5.23. The summed E-state index contributed by atoms with van der Waals surface area (Å²) >= 11 is 0. The van der Waals surface area contributed by atoms with Crippen LogP contribution < -0.4 is 16.6 Å². The van der Waals surface area contributed by atoms with Crippen molar-refractivity contribution in [1.82, 2.24) is 10.9 Å². The van der Waals surface area contributed by atoms with E-state index in [2.05, 4.69) is 11.2 Å². The SMILES string of the molecule is C[N]NC(N)=O. The van der Waals surface area contributed by atoms with Crippen LogP contribution in [0, 0.1) is 0 Å². The van der Waals surface area contributed by atoms with Crippen LogP contribution in [0.3, 0.4) is 0 Å². The van der Waals surface area contributed by atoms with Crippen LogP contribution in [0.25, 0.3) is 0 Å². The summed E-state index contributed by atoms with van der Waals surface area (Å²) in [6.07, 6.45) is 0. The molecule has 1 radical (unpaired) electrons. The van der Waals surface area contributed by atoms with Crippen LogP contribution in [-0.2, 0) is 0 Å². The van der Waals surface area contributed by atoms with E-state index in [0.29, 0.717) is 0 Å². The molecule has 0 atom stereocenters. The molecule has 0 aromatic carbocycles. The summed E-state index contributed by atoms with van der Waals surface area (Å²) in [6.45, 7) is 0. The molecule has 4 nitrogen and oxygen atoms in total. The molecule has 0 aliphatic rings. The Morgan fingerprint density at radius 1 is 2.00 bits per heavy atom. The third-order valence-electron chi connectivity index (χ3n) is 0.222. The Balaban J connectivity index is 2.83. The average molecular weight is 88.1 g/mol. The molecule has 0 rings (SSSR count). The molecule has 0 aliphatic carbocycles. The van der Waals surface area contributed by atoms with E-state index in [4.69, 9.17) is 0 Å². The van der Waals surface area contributed by atoms with Gasteiger partial charge in [-0.25, -0.2) is 4.79 Å².